The molecule has 0 aliphatic heterocycles. The summed E-state index contributed by atoms with van der Waals surface area (Å²) in [4.78, 5) is 22.7. The van der Waals surface area contributed by atoms with E-state index in [4.69, 9.17) is 5.11 Å². The van der Waals surface area contributed by atoms with Gasteiger partial charge < -0.3 is 9.84 Å². The van der Waals surface area contributed by atoms with Gasteiger partial charge in [-0.1, -0.05) is 32.4 Å². The molecular formula is C15H21NO6S. The normalized spacial score (nSPS) is 14.0. The van der Waals surface area contributed by atoms with Crippen molar-refractivity contribution in [2.45, 2.75) is 32.1 Å². The van der Waals surface area contributed by atoms with Crippen LogP contribution in [0.15, 0.2) is 24.3 Å². The molecule has 0 saturated carbocycles. The van der Waals surface area contributed by atoms with Crippen molar-refractivity contribution in [3.05, 3.63) is 35.4 Å². The fourth-order valence-electron chi connectivity index (χ4n) is 2.01. The van der Waals surface area contributed by atoms with Crippen LogP contribution in [0.1, 0.15) is 36.2 Å². The number of sulfonamides is 1. The summed E-state index contributed by atoms with van der Waals surface area (Å²) >= 11 is 0. The lowest BCUT2D eigenvalue weighted by atomic mass is 10.0. The molecule has 0 bridgehead atoms. The van der Waals surface area contributed by atoms with Crippen LogP contribution in [0.5, 0.6) is 0 Å². The van der Waals surface area contributed by atoms with E-state index in [9.17, 15) is 18.0 Å². The first-order valence-electron chi connectivity index (χ1n) is 7.10. The van der Waals surface area contributed by atoms with E-state index >= 15 is 0 Å². The molecular weight excluding hydrogens is 322 g/mol. The fourth-order valence-corrected chi connectivity index (χ4v) is 3.43. The Bertz CT molecular complexity index is 670. The summed E-state index contributed by atoms with van der Waals surface area (Å²) in [5, 5.41) is 9.16. The van der Waals surface area contributed by atoms with E-state index in [0.717, 1.165) is 0 Å². The lowest BCUT2D eigenvalue weighted by Crippen LogP contribution is -2.45. The van der Waals surface area contributed by atoms with Gasteiger partial charge in [0.25, 0.3) is 0 Å². The predicted molar refractivity (Wildman–Crippen MR) is 84.4 cm³/mol. The van der Waals surface area contributed by atoms with Crippen molar-refractivity contribution in [2.24, 2.45) is 5.92 Å². The summed E-state index contributed by atoms with van der Waals surface area (Å²) in [5.41, 5.74) is 0.602. The lowest BCUT2D eigenvalue weighted by Gasteiger charge is -2.20. The van der Waals surface area contributed by atoms with Gasteiger partial charge in [0.1, 0.15) is 6.04 Å². The molecule has 0 saturated heterocycles. The van der Waals surface area contributed by atoms with Gasteiger partial charge >= 0.3 is 11.9 Å². The number of ether oxygens (including phenoxy) is 1. The lowest BCUT2D eigenvalue weighted by molar-refractivity contribution is -0.140. The van der Waals surface area contributed by atoms with Gasteiger partial charge in [0, 0.05) is 0 Å². The number of hydrogen-bond acceptors (Lipinski definition) is 5. The van der Waals surface area contributed by atoms with E-state index < -0.39 is 33.8 Å². The standard InChI is InChI=1S/C15H21NO6S/c1-4-10(2)13(14(17)18)16-23(20,21)9-11-6-5-7-12(8-11)15(19)22-3/h5-8,10,13,16H,4,9H2,1-3H3,(H,17,18)/t10-,13-/m0/s1. The number of nitrogens with one attached hydrogen (secondary N) is 1. The molecule has 0 spiro atoms. The maximum absolute atomic E-state index is 12.2. The largest absolute Gasteiger partial charge is 0.480 e. The van der Waals surface area contributed by atoms with E-state index in [1.54, 1.807) is 26.0 Å². The first-order valence-corrected chi connectivity index (χ1v) is 8.75. The van der Waals surface area contributed by atoms with Crippen LogP contribution >= 0.6 is 0 Å². The highest BCUT2D eigenvalue weighted by Gasteiger charge is 2.28. The molecule has 23 heavy (non-hydrogen) atoms. The SMILES string of the molecule is CC[C@H](C)[C@H](NS(=O)(=O)Cc1cccc(C(=O)OC)c1)C(=O)O. The number of carboxylic acid groups (broad SMARTS) is 1. The Morgan fingerprint density at radius 1 is 1.35 bits per heavy atom. The molecule has 7 nitrogen and oxygen atoms in total. The van der Waals surface area contributed by atoms with Crippen LogP contribution in [0, 0.1) is 5.92 Å². The van der Waals surface area contributed by atoms with E-state index in [2.05, 4.69) is 9.46 Å². The summed E-state index contributed by atoms with van der Waals surface area (Å²) in [5.74, 6) is -2.55. The number of hydrogen-bond donors (Lipinski definition) is 2. The van der Waals surface area contributed by atoms with Crippen LogP contribution in [-0.2, 0) is 25.3 Å². The zero-order chi connectivity index (χ0) is 17.6. The zero-order valence-corrected chi connectivity index (χ0v) is 14.1. The van der Waals surface area contributed by atoms with Gasteiger partial charge in [-0.05, 0) is 23.6 Å². The fraction of sp³-hybridized carbons (Fsp3) is 0.467. The minimum absolute atomic E-state index is 0.233. The zero-order valence-electron chi connectivity index (χ0n) is 13.3. The number of esters is 1. The topological polar surface area (TPSA) is 110 Å². The number of benzene rings is 1. The van der Waals surface area contributed by atoms with Gasteiger partial charge in [-0.2, -0.15) is 0 Å². The van der Waals surface area contributed by atoms with Crippen LogP contribution in [0.3, 0.4) is 0 Å². The van der Waals surface area contributed by atoms with Crippen LogP contribution in [0.25, 0.3) is 0 Å². The Morgan fingerprint density at radius 3 is 2.52 bits per heavy atom. The van der Waals surface area contributed by atoms with Gasteiger partial charge in [-0.25, -0.2) is 17.9 Å². The number of carbonyl (C=O) groups excluding carboxylic acids is 1. The molecule has 1 aromatic carbocycles. The molecule has 0 unspecified atom stereocenters. The second kappa shape index (κ2) is 8.07. The monoisotopic (exact) mass is 343 g/mol. The van der Waals surface area contributed by atoms with Crippen molar-refractivity contribution in [1.82, 2.24) is 4.72 Å². The molecule has 128 valence electrons. The highest BCUT2D eigenvalue weighted by Crippen LogP contribution is 2.13. The highest BCUT2D eigenvalue weighted by atomic mass is 32.2. The molecule has 1 aromatic rings. The molecule has 1 rings (SSSR count). The molecule has 0 fully saturated rings. The number of carboxylic acids is 1. The molecule has 2 N–H and O–H groups in total. The smallest absolute Gasteiger partial charge is 0.337 e. The third-order valence-corrected chi connectivity index (χ3v) is 4.82. The van der Waals surface area contributed by atoms with Gasteiger partial charge in [-0.3, -0.25) is 4.79 Å². The number of carbonyl (C=O) groups is 2. The Labute approximate surface area is 135 Å². The summed E-state index contributed by atoms with van der Waals surface area (Å²) in [6.07, 6.45) is 0.525. The Hall–Kier alpha value is -1.93. The molecule has 0 heterocycles. The average molecular weight is 343 g/mol. The second-order valence-electron chi connectivity index (χ2n) is 5.27. The van der Waals surface area contributed by atoms with Crippen molar-refractivity contribution in [2.75, 3.05) is 7.11 Å². The van der Waals surface area contributed by atoms with Crippen molar-refractivity contribution in [1.29, 1.82) is 0 Å². The second-order valence-corrected chi connectivity index (χ2v) is 7.02. The van der Waals surface area contributed by atoms with Crippen molar-refractivity contribution >= 4 is 22.0 Å². The summed E-state index contributed by atoms with van der Waals surface area (Å²) < 4.78 is 31.2. The van der Waals surface area contributed by atoms with Crippen LogP contribution in [0.2, 0.25) is 0 Å². The Balaban J connectivity index is 2.94. The summed E-state index contributed by atoms with van der Waals surface area (Å²) in [6, 6.07) is 4.82. The molecule has 0 amide bonds. The minimum Gasteiger partial charge on any atom is -0.480 e. The number of rotatable bonds is 8. The highest BCUT2D eigenvalue weighted by molar-refractivity contribution is 7.88. The van der Waals surface area contributed by atoms with E-state index in [0.29, 0.717) is 12.0 Å². The van der Waals surface area contributed by atoms with E-state index in [1.807, 2.05) is 0 Å². The van der Waals surface area contributed by atoms with Gasteiger partial charge in [0.15, 0.2) is 0 Å². The van der Waals surface area contributed by atoms with E-state index in [-0.39, 0.29) is 11.5 Å². The summed E-state index contributed by atoms with van der Waals surface area (Å²) in [6.45, 7) is 3.45. The van der Waals surface area contributed by atoms with Crippen molar-refractivity contribution < 1.29 is 27.9 Å². The molecule has 8 heteroatoms. The molecule has 2 atom stereocenters. The third-order valence-electron chi connectivity index (χ3n) is 3.49. The molecule has 0 aromatic heterocycles. The maximum Gasteiger partial charge on any atom is 0.337 e. The third kappa shape index (κ3) is 5.65. The van der Waals surface area contributed by atoms with Crippen LogP contribution in [0.4, 0.5) is 0 Å². The Morgan fingerprint density at radius 2 is 2.00 bits per heavy atom. The molecule has 0 aliphatic carbocycles. The minimum atomic E-state index is -3.87. The van der Waals surface area contributed by atoms with Gasteiger partial charge in [0.05, 0.1) is 18.4 Å². The molecule has 0 radical (unpaired) electrons. The maximum atomic E-state index is 12.2. The number of methoxy groups -OCH3 is 1. The number of aliphatic carboxylic acids is 1. The van der Waals surface area contributed by atoms with Crippen molar-refractivity contribution in [3.8, 4) is 0 Å². The van der Waals surface area contributed by atoms with Crippen LogP contribution in [-0.4, -0.2) is 38.6 Å². The predicted octanol–water partition coefficient (Wildman–Crippen LogP) is 1.39. The first kappa shape index (κ1) is 19.1. The Kier molecular flexibility index (Phi) is 6.71. The quantitative estimate of drug-likeness (QED) is 0.690. The van der Waals surface area contributed by atoms with Gasteiger partial charge in [-0.15, -0.1) is 0 Å². The average Bonchev–Trinajstić information content (AvgIpc) is 2.50. The summed E-state index contributed by atoms with van der Waals surface area (Å²) in [7, 11) is -2.63. The van der Waals surface area contributed by atoms with Crippen molar-refractivity contribution in [3.63, 3.8) is 0 Å². The van der Waals surface area contributed by atoms with Crippen LogP contribution < -0.4 is 4.72 Å². The van der Waals surface area contributed by atoms with Gasteiger partial charge in [0.2, 0.25) is 10.0 Å². The first-order chi connectivity index (χ1) is 10.7. The molecule has 0 aliphatic rings. The van der Waals surface area contributed by atoms with E-state index in [1.165, 1.54) is 19.2 Å².